The number of benzene rings is 1. The van der Waals surface area contributed by atoms with Crippen molar-refractivity contribution < 1.29 is 13.6 Å². The first-order valence-corrected chi connectivity index (χ1v) is 9.36. The molecule has 1 amide bonds. The second-order valence-corrected chi connectivity index (χ2v) is 8.30. The van der Waals surface area contributed by atoms with Crippen molar-refractivity contribution in [2.75, 3.05) is 6.54 Å². The molecule has 3 aliphatic carbocycles. The number of nitrogens with zero attached hydrogens (tertiary/aromatic N) is 2. The molecule has 3 heterocycles. The first-order chi connectivity index (χ1) is 13.0. The van der Waals surface area contributed by atoms with Gasteiger partial charge in [0.05, 0.1) is 11.2 Å². The maximum Gasteiger partial charge on any atom is 0.270 e. The van der Waals surface area contributed by atoms with E-state index in [2.05, 4.69) is 15.2 Å². The number of carbonyl (C=O) groups is 1. The minimum atomic E-state index is -0.665. The van der Waals surface area contributed by atoms with Gasteiger partial charge in [-0.05, 0) is 37.3 Å². The summed E-state index contributed by atoms with van der Waals surface area (Å²) >= 11 is 0. The van der Waals surface area contributed by atoms with E-state index in [1.807, 2.05) is 0 Å². The summed E-state index contributed by atoms with van der Waals surface area (Å²) in [6.45, 7) is 1.09. The van der Waals surface area contributed by atoms with Crippen LogP contribution in [0.1, 0.15) is 46.7 Å². The third-order valence-electron chi connectivity index (χ3n) is 6.64. The third kappa shape index (κ3) is 2.02. The number of hydrogen-bond acceptors (Lipinski definition) is 2. The minimum absolute atomic E-state index is 0.193. The lowest BCUT2D eigenvalue weighted by Gasteiger charge is -2.61. The van der Waals surface area contributed by atoms with Crippen LogP contribution in [0, 0.1) is 17.6 Å². The van der Waals surface area contributed by atoms with Gasteiger partial charge in [-0.2, -0.15) is 5.10 Å². The molecule has 1 aromatic carbocycles. The van der Waals surface area contributed by atoms with E-state index in [9.17, 15) is 13.6 Å². The van der Waals surface area contributed by atoms with E-state index in [0.717, 1.165) is 35.4 Å². The van der Waals surface area contributed by atoms with Crippen molar-refractivity contribution in [2.45, 2.75) is 37.6 Å². The number of carbonyl (C=O) groups excluding carboxylic acids is 1. The van der Waals surface area contributed by atoms with Gasteiger partial charge in [0.1, 0.15) is 17.3 Å². The van der Waals surface area contributed by atoms with E-state index in [0.29, 0.717) is 18.6 Å². The van der Waals surface area contributed by atoms with Crippen LogP contribution in [-0.2, 0) is 18.4 Å². The molecule has 7 rings (SSSR count). The van der Waals surface area contributed by atoms with Crippen molar-refractivity contribution in [3.63, 3.8) is 0 Å². The van der Waals surface area contributed by atoms with Gasteiger partial charge < -0.3 is 9.88 Å². The second kappa shape index (κ2) is 4.97. The molecule has 3 fully saturated rings. The smallest absolute Gasteiger partial charge is 0.270 e. The lowest BCUT2D eigenvalue weighted by molar-refractivity contribution is -0.0320. The second-order valence-electron chi connectivity index (χ2n) is 8.30. The Morgan fingerprint density at radius 2 is 2.04 bits per heavy atom. The Morgan fingerprint density at radius 1 is 1.22 bits per heavy atom. The van der Waals surface area contributed by atoms with Crippen molar-refractivity contribution >= 4 is 16.8 Å². The van der Waals surface area contributed by atoms with Gasteiger partial charge in [-0.15, -0.1) is 0 Å². The SMILES string of the molecule is O=C(c1cc2c(F)cc(F)cc2[nH]1)N1CCc2[nH]nc(C34CC(C3)C4)c2C1. The van der Waals surface area contributed by atoms with E-state index in [1.165, 1.54) is 31.4 Å². The van der Waals surface area contributed by atoms with Crippen molar-refractivity contribution in [3.8, 4) is 0 Å². The number of aromatic nitrogens is 3. The molecule has 0 unspecified atom stereocenters. The lowest BCUT2D eigenvalue weighted by Crippen LogP contribution is -2.56. The van der Waals surface area contributed by atoms with Crippen LogP contribution in [-0.4, -0.2) is 32.5 Å². The van der Waals surface area contributed by atoms with Gasteiger partial charge in [-0.25, -0.2) is 8.78 Å². The van der Waals surface area contributed by atoms with Crippen LogP contribution < -0.4 is 0 Å². The molecule has 2 bridgehead atoms. The van der Waals surface area contributed by atoms with Crippen LogP contribution in [0.3, 0.4) is 0 Å². The van der Waals surface area contributed by atoms with Crippen LogP contribution in [0.5, 0.6) is 0 Å². The summed E-state index contributed by atoms with van der Waals surface area (Å²) < 4.78 is 27.4. The fraction of sp³-hybridized carbons (Fsp3) is 0.400. The number of rotatable bonds is 2. The summed E-state index contributed by atoms with van der Waals surface area (Å²) in [5.41, 5.74) is 4.24. The average molecular weight is 368 g/mol. The zero-order chi connectivity index (χ0) is 18.3. The molecule has 0 spiro atoms. The summed E-state index contributed by atoms with van der Waals surface area (Å²) in [5, 5.41) is 7.99. The molecule has 0 atom stereocenters. The van der Waals surface area contributed by atoms with Crippen LogP contribution in [0.15, 0.2) is 18.2 Å². The predicted molar refractivity (Wildman–Crippen MR) is 94.3 cm³/mol. The zero-order valence-corrected chi connectivity index (χ0v) is 14.6. The monoisotopic (exact) mass is 368 g/mol. The molecule has 3 saturated carbocycles. The number of aromatic amines is 2. The van der Waals surface area contributed by atoms with E-state index >= 15 is 0 Å². The number of hydrogen-bond donors (Lipinski definition) is 2. The molecule has 2 aromatic heterocycles. The molecule has 1 aliphatic heterocycles. The summed E-state index contributed by atoms with van der Waals surface area (Å²) in [4.78, 5) is 17.6. The fourth-order valence-electron chi connectivity index (χ4n) is 5.12. The quantitative estimate of drug-likeness (QED) is 0.728. The molecule has 3 aromatic rings. The standard InChI is InChI=1S/C20H18F2N4O/c21-11-3-14(22)12-5-17(23-16(12)4-11)19(27)26-2-1-15-13(9-26)18(25-24-15)20-6-10(7-20)8-20/h3-5,10,23H,1-2,6-9H2,(H,24,25). The molecule has 0 saturated heterocycles. The largest absolute Gasteiger partial charge is 0.350 e. The Kier molecular flexibility index (Phi) is 2.83. The molecule has 2 N–H and O–H groups in total. The highest BCUT2D eigenvalue weighted by molar-refractivity contribution is 5.98. The molecule has 4 aliphatic rings. The Labute approximate surface area is 153 Å². The van der Waals surface area contributed by atoms with E-state index in [1.54, 1.807) is 4.90 Å². The molecule has 27 heavy (non-hydrogen) atoms. The molecule has 0 radical (unpaired) electrons. The zero-order valence-electron chi connectivity index (χ0n) is 14.6. The Bertz CT molecular complexity index is 1100. The van der Waals surface area contributed by atoms with Crippen LogP contribution in [0.2, 0.25) is 0 Å². The van der Waals surface area contributed by atoms with Crippen molar-refractivity contribution in [1.82, 2.24) is 20.1 Å². The summed E-state index contributed by atoms with van der Waals surface area (Å²) in [7, 11) is 0. The molecular formula is C20H18F2N4O. The van der Waals surface area contributed by atoms with Gasteiger partial charge >= 0.3 is 0 Å². The molecule has 138 valence electrons. The number of nitrogens with one attached hydrogen (secondary N) is 2. The van der Waals surface area contributed by atoms with E-state index in [-0.39, 0.29) is 22.4 Å². The highest BCUT2D eigenvalue weighted by Crippen LogP contribution is 2.65. The van der Waals surface area contributed by atoms with Gasteiger partial charge in [0.2, 0.25) is 0 Å². The topological polar surface area (TPSA) is 64.8 Å². The maximum atomic E-state index is 14.0. The van der Waals surface area contributed by atoms with Crippen LogP contribution in [0.25, 0.3) is 10.9 Å². The highest BCUT2D eigenvalue weighted by atomic mass is 19.1. The number of fused-ring (bicyclic) bond motifs is 2. The summed E-state index contributed by atoms with van der Waals surface area (Å²) in [6.07, 6.45) is 4.37. The first-order valence-electron chi connectivity index (χ1n) is 9.36. The molecule has 7 heteroatoms. The van der Waals surface area contributed by atoms with Crippen LogP contribution >= 0.6 is 0 Å². The summed E-state index contributed by atoms with van der Waals surface area (Å²) in [5.74, 6) is -0.659. The normalized spacial score (nSPS) is 25.9. The Hall–Kier alpha value is -2.70. The number of H-pyrrole nitrogens is 2. The van der Waals surface area contributed by atoms with Crippen molar-refractivity contribution in [2.24, 2.45) is 5.92 Å². The maximum absolute atomic E-state index is 14.0. The summed E-state index contributed by atoms with van der Waals surface area (Å²) in [6, 6.07) is 3.51. The van der Waals surface area contributed by atoms with E-state index in [4.69, 9.17) is 0 Å². The minimum Gasteiger partial charge on any atom is -0.350 e. The molecular weight excluding hydrogens is 350 g/mol. The Morgan fingerprint density at radius 3 is 2.78 bits per heavy atom. The van der Waals surface area contributed by atoms with Gasteiger partial charge in [0.15, 0.2) is 0 Å². The number of amides is 1. The van der Waals surface area contributed by atoms with E-state index < -0.39 is 11.6 Å². The van der Waals surface area contributed by atoms with Gasteiger partial charge in [-0.1, -0.05) is 0 Å². The van der Waals surface area contributed by atoms with Crippen molar-refractivity contribution in [3.05, 3.63) is 52.5 Å². The van der Waals surface area contributed by atoms with Gasteiger partial charge in [0.25, 0.3) is 5.91 Å². The van der Waals surface area contributed by atoms with Crippen molar-refractivity contribution in [1.29, 1.82) is 0 Å². The van der Waals surface area contributed by atoms with Crippen LogP contribution in [0.4, 0.5) is 8.78 Å². The molecule has 5 nitrogen and oxygen atoms in total. The predicted octanol–water partition coefficient (Wildman–Crippen LogP) is 3.42. The third-order valence-corrected chi connectivity index (χ3v) is 6.64. The fourth-order valence-corrected chi connectivity index (χ4v) is 5.12. The van der Waals surface area contributed by atoms with Gasteiger partial charge in [0, 0.05) is 47.6 Å². The highest BCUT2D eigenvalue weighted by Gasteiger charge is 2.59. The Balaban J connectivity index is 1.32. The lowest BCUT2D eigenvalue weighted by atomic mass is 9.43. The first kappa shape index (κ1) is 15.4. The average Bonchev–Trinajstić information content (AvgIpc) is 3.16. The number of halogens is 2. The van der Waals surface area contributed by atoms with Gasteiger partial charge in [-0.3, -0.25) is 9.89 Å².